The van der Waals surface area contributed by atoms with Crippen molar-refractivity contribution in [3.8, 4) is 0 Å². The minimum Gasteiger partial charge on any atom is -0.347 e. The van der Waals surface area contributed by atoms with Gasteiger partial charge in [-0.1, -0.05) is 24.3 Å². The Balaban J connectivity index is 1.29. The molecule has 2 heterocycles. The number of benzene rings is 2. The Morgan fingerprint density at radius 3 is 2.09 bits per heavy atom. The van der Waals surface area contributed by atoms with Crippen LogP contribution >= 0.6 is 11.3 Å². The molecule has 33 heavy (non-hydrogen) atoms. The molecule has 1 fully saturated rings. The van der Waals surface area contributed by atoms with Crippen LogP contribution in [-0.2, 0) is 6.54 Å². The molecule has 3 amide bonds. The number of halogens is 1. The van der Waals surface area contributed by atoms with Gasteiger partial charge in [-0.3, -0.25) is 14.4 Å². The Morgan fingerprint density at radius 1 is 0.909 bits per heavy atom. The zero-order valence-electron chi connectivity index (χ0n) is 18.2. The van der Waals surface area contributed by atoms with Crippen LogP contribution in [0.5, 0.6) is 0 Å². The van der Waals surface area contributed by atoms with Crippen LogP contribution in [0.1, 0.15) is 41.5 Å². The first-order valence-corrected chi connectivity index (χ1v) is 11.6. The first-order chi connectivity index (χ1) is 15.9. The summed E-state index contributed by atoms with van der Waals surface area (Å²) in [5.74, 6) is -0.845. The van der Waals surface area contributed by atoms with Gasteiger partial charge in [0.15, 0.2) is 0 Å². The number of nitrogens with one attached hydrogen (secondary N) is 1. The normalized spacial score (nSPS) is 13.6. The third kappa shape index (κ3) is 5.28. The fourth-order valence-electron chi connectivity index (χ4n) is 3.65. The molecule has 0 saturated carbocycles. The summed E-state index contributed by atoms with van der Waals surface area (Å²) in [5.41, 5.74) is 2.28. The summed E-state index contributed by atoms with van der Waals surface area (Å²) >= 11 is 1.39. The largest absolute Gasteiger partial charge is 0.347 e. The van der Waals surface area contributed by atoms with Crippen molar-refractivity contribution in [3.05, 3.63) is 92.9 Å². The van der Waals surface area contributed by atoms with Crippen molar-refractivity contribution >= 4 is 29.1 Å². The quantitative estimate of drug-likeness (QED) is 0.624. The number of carbonyl (C=O) groups excluding carboxylic acids is 3. The molecule has 3 aromatic rings. The lowest BCUT2D eigenvalue weighted by Gasteiger charge is -2.35. The van der Waals surface area contributed by atoms with Gasteiger partial charge in [-0.05, 0) is 53.8 Å². The minimum atomic E-state index is -0.399. The van der Waals surface area contributed by atoms with E-state index in [1.807, 2.05) is 23.6 Å². The second kappa shape index (κ2) is 9.95. The molecule has 0 radical (unpaired) electrons. The molecule has 4 rings (SSSR count). The predicted octanol–water partition coefficient (Wildman–Crippen LogP) is 3.72. The summed E-state index contributed by atoms with van der Waals surface area (Å²) < 4.78 is 13.8. The topological polar surface area (TPSA) is 69.7 Å². The van der Waals surface area contributed by atoms with Crippen LogP contribution in [-0.4, -0.2) is 53.7 Å². The Hall–Kier alpha value is -3.52. The maximum atomic E-state index is 13.8. The summed E-state index contributed by atoms with van der Waals surface area (Å²) in [4.78, 5) is 41.6. The highest BCUT2D eigenvalue weighted by molar-refractivity contribution is 7.12. The van der Waals surface area contributed by atoms with E-state index in [-0.39, 0.29) is 17.7 Å². The van der Waals surface area contributed by atoms with Crippen molar-refractivity contribution in [1.29, 1.82) is 0 Å². The lowest BCUT2D eigenvalue weighted by atomic mass is 10.1. The lowest BCUT2D eigenvalue weighted by molar-refractivity contribution is 0.0535. The molecular weight excluding hydrogens is 441 g/mol. The number of hydrogen-bond donors (Lipinski definition) is 1. The second-order valence-electron chi connectivity index (χ2n) is 7.91. The molecule has 0 spiro atoms. The van der Waals surface area contributed by atoms with Gasteiger partial charge in [0, 0.05) is 43.9 Å². The van der Waals surface area contributed by atoms with E-state index in [0.717, 1.165) is 5.56 Å². The highest BCUT2D eigenvalue weighted by Crippen LogP contribution is 2.15. The van der Waals surface area contributed by atoms with Crippen LogP contribution < -0.4 is 5.32 Å². The Kier molecular flexibility index (Phi) is 6.84. The molecule has 2 aromatic carbocycles. The average molecular weight is 466 g/mol. The molecule has 0 atom stereocenters. The van der Waals surface area contributed by atoms with Crippen molar-refractivity contribution in [3.63, 3.8) is 0 Å². The highest BCUT2D eigenvalue weighted by atomic mass is 32.1. The molecule has 6 nitrogen and oxygen atoms in total. The van der Waals surface area contributed by atoms with Gasteiger partial charge < -0.3 is 15.1 Å². The van der Waals surface area contributed by atoms with Gasteiger partial charge in [0.25, 0.3) is 17.7 Å². The van der Waals surface area contributed by atoms with E-state index in [4.69, 9.17) is 0 Å². The van der Waals surface area contributed by atoms with Crippen LogP contribution in [0.25, 0.3) is 0 Å². The maximum Gasteiger partial charge on any atom is 0.261 e. The molecule has 8 heteroatoms. The fraction of sp³-hybridized carbons (Fsp3) is 0.240. The zero-order valence-corrected chi connectivity index (χ0v) is 19.0. The van der Waals surface area contributed by atoms with Crippen molar-refractivity contribution in [1.82, 2.24) is 15.1 Å². The number of piperazine rings is 1. The molecule has 1 aromatic heterocycles. The summed E-state index contributed by atoms with van der Waals surface area (Å²) in [6.45, 7) is 3.65. The number of carbonyl (C=O) groups is 3. The van der Waals surface area contributed by atoms with Gasteiger partial charge >= 0.3 is 0 Å². The van der Waals surface area contributed by atoms with Crippen molar-refractivity contribution < 1.29 is 18.8 Å². The fourth-order valence-corrected chi connectivity index (χ4v) is 4.29. The van der Waals surface area contributed by atoms with Crippen molar-refractivity contribution in [2.75, 3.05) is 26.2 Å². The van der Waals surface area contributed by atoms with E-state index in [2.05, 4.69) is 5.32 Å². The van der Waals surface area contributed by atoms with Gasteiger partial charge in [0.2, 0.25) is 0 Å². The van der Waals surface area contributed by atoms with Crippen molar-refractivity contribution in [2.45, 2.75) is 13.5 Å². The number of rotatable bonds is 5. The Labute approximate surface area is 195 Å². The van der Waals surface area contributed by atoms with E-state index in [1.165, 1.54) is 17.4 Å². The van der Waals surface area contributed by atoms with Gasteiger partial charge in [-0.15, -0.1) is 11.3 Å². The lowest BCUT2D eigenvalue weighted by Crippen LogP contribution is -2.50. The number of aryl methyl sites for hydroxylation is 1. The molecule has 1 saturated heterocycles. The van der Waals surface area contributed by atoms with Gasteiger partial charge in [0.1, 0.15) is 5.82 Å². The minimum absolute atomic E-state index is 0.0994. The molecule has 1 N–H and O–H groups in total. The van der Waals surface area contributed by atoms with E-state index in [0.29, 0.717) is 54.3 Å². The first kappa shape index (κ1) is 22.7. The highest BCUT2D eigenvalue weighted by Gasteiger charge is 2.25. The Bertz CT molecular complexity index is 1150. The van der Waals surface area contributed by atoms with Crippen LogP contribution in [0.4, 0.5) is 4.39 Å². The van der Waals surface area contributed by atoms with Crippen LogP contribution in [0.3, 0.4) is 0 Å². The average Bonchev–Trinajstić information content (AvgIpc) is 3.39. The summed E-state index contributed by atoms with van der Waals surface area (Å²) in [6, 6.07) is 15.2. The molecule has 1 aliphatic heterocycles. The van der Waals surface area contributed by atoms with Gasteiger partial charge in [0.05, 0.1) is 4.88 Å². The van der Waals surface area contributed by atoms with Gasteiger partial charge in [-0.25, -0.2) is 4.39 Å². The SMILES string of the molecule is Cc1ccc(C(=O)N2CCN(C(=O)c3ccc(CNC(=O)c4cccs4)cc3)CC2)cc1F. The molecule has 0 unspecified atom stereocenters. The van der Waals surface area contributed by atoms with E-state index >= 15 is 0 Å². The molecule has 0 aliphatic carbocycles. The molecular formula is C25H24FN3O3S. The smallest absolute Gasteiger partial charge is 0.261 e. The van der Waals surface area contributed by atoms with Crippen molar-refractivity contribution in [2.24, 2.45) is 0 Å². The standard InChI is InChI=1S/C25H24FN3O3S/c1-17-4-7-20(15-21(17)26)25(32)29-12-10-28(11-13-29)24(31)19-8-5-18(6-9-19)16-27-23(30)22-3-2-14-33-22/h2-9,14-15H,10-13,16H2,1H3,(H,27,30). The third-order valence-electron chi connectivity index (χ3n) is 5.67. The molecule has 170 valence electrons. The number of thiophene rings is 1. The molecule has 1 aliphatic rings. The number of amides is 3. The Morgan fingerprint density at radius 2 is 1.52 bits per heavy atom. The zero-order chi connectivity index (χ0) is 23.4. The first-order valence-electron chi connectivity index (χ1n) is 10.7. The summed E-state index contributed by atoms with van der Waals surface area (Å²) in [7, 11) is 0. The molecule has 0 bridgehead atoms. The van der Waals surface area contributed by atoms with Gasteiger partial charge in [-0.2, -0.15) is 0 Å². The third-order valence-corrected chi connectivity index (χ3v) is 6.54. The number of hydrogen-bond acceptors (Lipinski definition) is 4. The van der Waals surface area contributed by atoms with E-state index < -0.39 is 5.82 Å². The predicted molar refractivity (Wildman–Crippen MR) is 125 cm³/mol. The number of nitrogens with zero attached hydrogens (tertiary/aromatic N) is 2. The van der Waals surface area contributed by atoms with Crippen LogP contribution in [0.15, 0.2) is 60.0 Å². The van der Waals surface area contributed by atoms with E-state index in [1.54, 1.807) is 47.1 Å². The van der Waals surface area contributed by atoms with Crippen LogP contribution in [0.2, 0.25) is 0 Å². The summed E-state index contributed by atoms with van der Waals surface area (Å²) in [6.07, 6.45) is 0. The van der Waals surface area contributed by atoms with E-state index in [9.17, 15) is 18.8 Å². The second-order valence-corrected chi connectivity index (χ2v) is 8.85. The maximum absolute atomic E-state index is 13.8. The van der Waals surface area contributed by atoms with Crippen LogP contribution in [0, 0.1) is 12.7 Å². The summed E-state index contributed by atoms with van der Waals surface area (Å²) in [5, 5.41) is 4.72. The monoisotopic (exact) mass is 465 g/mol.